The summed E-state index contributed by atoms with van der Waals surface area (Å²) in [5.74, 6) is 0.0930. The first-order valence-electron chi connectivity index (χ1n) is 8.44. The molecule has 0 bridgehead atoms. The van der Waals surface area contributed by atoms with Crippen molar-refractivity contribution in [1.82, 2.24) is 9.21 Å². The number of sulfonamides is 1. The maximum absolute atomic E-state index is 12.8. The molecule has 6 heteroatoms. The standard InChI is InChI=1S/C18H28N2O3S/c1-6-24(22,23)20-11-9-19(10-12-20)17(21)16-8-7-15(13-14(16)2)18(3,4)5/h7-8,13H,6,9-12H2,1-5H3. The van der Waals surface area contributed by atoms with Crippen molar-refractivity contribution >= 4 is 15.9 Å². The van der Waals surface area contributed by atoms with Gasteiger partial charge in [-0.05, 0) is 36.5 Å². The van der Waals surface area contributed by atoms with Crippen LogP contribution in [-0.2, 0) is 15.4 Å². The number of amides is 1. The van der Waals surface area contributed by atoms with Gasteiger partial charge in [0.25, 0.3) is 5.91 Å². The van der Waals surface area contributed by atoms with Gasteiger partial charge in [-0.3, -0.25) is 4.79 Å². The molecule has 1 amide bonds. The average Bonchev–Trinajstić information content (AvgIpc) is 2.53. The van der Waals surface area contributed by atoms with Crippen molar-refractivity contribution in [1.29, 1.82) is 0 Å². The van der Waals surface area contributed by atoms with Crippen molar-refractivity contribution in [3.8, 4) is 0 Å². The van der Waals surface area contributed by atoms with E-state index in [9.17, 15) is 13.2 Å². The Hall–Kier alpha value is -1.40. The van der Waals surface area contributed by atoms with Crippen LogP contribution < -0.4 is 0 Å². The summed E-state index contributed by atoms with van der Waals surface area (Å²) in [5, 5.41) is 0. The second kappa shape index (κ2) is 6.84. The van der Waals surface area contributed by atoms with Crippen molar-refractivity contribution in [2.24, 2.45) is 0 Å². The van der Waals surface area contributed by atoms with E-state index in [1.165, 1.54) is 9.87 Å². The van der Waals surface area contributed by atoms with Crippen molar-refractivity contribution < 1.29 is 13.2 Å². The SMILES string of the molecule is CCS(=O)(=O)N1CCN(C(=O)c2ccc(C(C)(C)C)cc2C)CC1. The highest BCUT2D eigenvalue weighted by Gasteiger charge is 2.28. The Labute approximate surface area is 145 Å². The third kappa shape index (κ3) is 3.98. The van der Waals surface area contributed by atoms with Crippen LogP contribution in [0.4, 0.5) is 0 Å². The summed E-state index contributed by atoms with van der Waals surface area (Å²) in [4.78, 5) is 14.5. The number of benzene rings is 1. The first-order chi connectivity index (χ1) is 11.1. The highest BCUT2D eigenvalue weighted by atomic mass is 32.2. The molecule has 5 nitrogen and oxygen atoms in total. The van der Waals surface area contributed by atoms with Gasteiger partial charge in [0.15, 0.2) is 0 Å². The first-order valence-corrected chi connectivity index (χ1v) is 10.1. The Morgan fingerprint density at radius 2 is 1.71 bits per heavy atom. The van der Waals surface area contributed by atoms with Gasteiger partial charge in [0.05, 0.1) is 5.75 Å². The molecular formula is C18H28N2O3S. The molecule has 0 saturated carbocycles. The van der Waals surface area contributed by atoms with Crippen LogP contribution in [0.1, 0.15) is 49.2 Å². The molecule has 1 aromatic rings. The minimum absolute atomic E-state index is 0.0125. The second-order valence-corrected chi connectivity index (χ2v) is 9.63. The van der Waals surface area contributed by atoms with Gasteiger partial charge in [0.1, 0.15) is 0 Å². The Kier molecular flexibility index (Phi) is 5.40. The van der Waals surface area contributed by atoms with E-state index in [0.29, 0.717) is 31.7 Å². The molecule has 1 fully saturated rings. The van der Waals surface area contributed by atoms with Crippen molar-refractivity contribution in [2.75, 3.05) is 31.9 Å². The molecule has 2 rings (SSSR count). The van der Waals surface area contributed by atoms with Gasteiger partial charge in [-0.15, -0.1) is 0 Å². The largest absolute Gasteiger partial charge is 0.336 e. The van der Waals surface area contributed by atoms with Crippen LogP contribution in [-0.4, -0.2) is 55.5 Å². The highest BCUT2D eigenvalue weighted by Crippen LogP contribution is 2.25. The Morgan fingerprint density at radius 3 is 2.17 bits per heavy atom. The van der Waals surface area contributed by atoms with E-state index in [1.807, 2.05) is 19.1 Å². The normalized spacial score (nSPS) is 17.1. The molecule has 0 radical (unpaired) electrons. The van der Waals surface area contributed by atoms with Gasteiger partial charge in [0, 0.05) is 31.7 Å². The lowest BCUT2D eigenvalue weighted by Crippen LogP contribution is -2.51. The van der Waals surface area contributed by atoms with Gasteiger partial charge in [-0.1, -0.05) is 32.9 Å². The molecule has 0 atom stereocenters. The second-order valence-electron chi connectivity index (χ2n) is 7.37. The van der Waals surface area contributed by atoms with Crippen molar-refractivity contribution in [2.45, 2.75) is 40.0 Å². The molecule has 0 N–H and O–H groups in total. The Balaban J connectivity index is 2.11. The van der Waals surface area contributed by atoms with E-state index in [1.54, 1.807) is 11.8 Å². The van der Waals surface area contributed by atoms with Crippen LogP contribution in [0.3, 0.4) is 0 Å². The minimum Gasteiger partial charge on any atom is -0.336 e. The van der Waals surface area contributed by atoms with Crippen LogP contribution in [0.2, 0.25) is 0 Å². The zero-order chi connectivity index (χ0) is 18.1. The quantitative estimate of drug-likeness (QED) is 0.839. The maximum Gasteiger partial charge on any atom is 0.254 e. The summed E-state index contributed by atoms with van der Waals surface area (Å²) in [5.41, 5.74) is 2.92. The third-order valence-electron chi connectivity index (χ3n) is 4.61. The van der Waals surface area contributed by atoms with E-state index in [2.05, 4.69) is 26.8 Å². The summed E-state index contributed by atoms with van der Waals surface area (Å²) < 4.78 is 25.3. The molecule has 1 aliphatic heterocycles. The van der Waals surface area contributed by atoms with Crippen LogP contribution >= 0.6 is 0 Å². The number of carbonyl (C=O) groups excluding carboxylic acids is 1. The smallest absolute Gasteiger partial charge is 0.254 e. The Morgan fingerprint density at radius 1 is 1.12 bits per heavy atom. The number of nitrogens with zero attached hydrogens (tertiary/aromatic N) is 2. The zero-order valence-electron chi connectivity index (χ0n) is 15.3. The van der Waals surface area contributed by atoms with Crippen LogP contribution in [0.5, 0.6) is 0 Å². The number of aryl methyl sites for hydroxylation is 1. The molecule has 0 aliphatic carbocycles. The predicted molar refractivity (Wildman–Crippen MR) is 96.8 cm³/mol. The number of piperazine rings is 1. The molecule has 0 spiro atoms. The third-order valence-corrected chi connectivity index (χ3v) is 6.49. The summed E-state index contributed by atoms with van der Waals surface area (Å²) in [6.45, 7) is 11.7. The summed E-state index contributed by atoms with van der Waals surface area (Å²) in [6.07, 6.45) is 0. The topological polar surface area (TPSA) is 57.7 Å². The molecule has 1 aliphatic rings. The summed E-state index contributed by atoms with van der Waals surface area (Å²) in [7, 11) is -3.17. The van der Waals surface area contributed by atoms with Crippen molar-refractivity contribution in [3.05, 3.63) is 34.9 Å². The summed E-state index contributed by atoms with van der Waals surface area (Å²) >= 11 is 0. The molecule has 1 saturated heterocycles. The predicted octanol–water partition coefficient (Wildman–Crippen LogP) is 2.40. The fourth-order valence-electron chi connectivity index (χ4n) is 2.89. The monoisotopic (exact) mass is 352 g/mol. The number of rotatable bonds is 3. The lowest BCUT2D eigenvalue weighted by molar-refractivity contribution is 0.0697. The molecule has 1 aromatic carbocycles. The number of carbonyl (C=O) groups is 1. The minimum atomic E-state index is -3.17. The fraction of sp³-hybridized carbons (Fsp3) is 0.611. The fourth-order valence-corrected chi connectivity index (χ4v) is 3.98. The van der Waals surface area contributed by atoms with Crippen molar-refractivity contribution in [3.63, 3.8) is 0 Å². The van der Waals surface area contributed by atoms with E-state index in [-0.39, 0.29) is 17.1 Å². The van der Waals surface area contributed by atoms with E-state index in [0.717, 1.165) is 5.56 Å². The molecule has 0 unspecified atom stereocenters. The van der Waals surface area contributed by atoms with Gasteiger partial charge in [0.2, 0.25) is 10.0 Å². The van der Waals surface area contributed by atoms with E-state index >= 15 is 0 Å². The maximum atomic E-state index is 12.8. The Bertz CT molecular complexity index is 712. The van der Waals surface area contributed by atoms with E-state index < -0.39 is 10.0 Å². The van der Waals surface area contributed by atoms with Gasteiger partial charge in [-0.25, -0.2) is 8.42 Å². The van der Waals surface area contributed by atoms with Crippen LogP contribution in [0, 0.1) is 6.92 Å². The number of hydrogen-bond acceptors (Lipinski definition) is 3. The van der Waals surface area contributed by atoms with Gasteiger partial charge < -0.3 is 4.90 Å². The lowest BCUT2D eigenvalue weighted by Gasteiger charge is -2.34. The summed E-state index contributed by atoms with van der Waals surface area (Å²) in [6, 6.07) is 5.98. The molecule has 0 aromatic heterocycles. The molecule has 134 valence electrons. The average molecular weight is 353 g/mol. The van der Waals surface area contributed by atoms with Crippen LogP contribution in [0.15, 0.2) is 18.2 Å². The first kappa shape index (κ1) is 18.9. The molecule has 24 heavy (non-hydrogen) atoms. The number of hydrogen-bond donors (Lipinski definition) is 0. The van der Waals surface area contributed by atoms with Crippen LogP contribution in [0.25, 0.3) is 0 Å². The molecule has 1 heterocycles. The van der Waals surface area contributed by atoms with Gasteiger partial charge >= 0.3 is 0 Å². The highest BCUT2D eigenvalue weighted by molar-refractivity contribution is 7.89. The van der Waals surface area contributed by atoms with Gasteiger partial charge in [-0.2, -0.15) is 4.31 Å². The zero-order valence-corrected chi connectivity index (χ0v) is 16.1. The molecular weight excluding hydrogens is 324 g/mol. The lowest BCUT2D eigenvalue weighted by atomic mass is 9.85. The van der Waals surface area contributed by atoms with E-state index in [4.69, 9.17) is 0 Å².